The summed E-state index contributed by atoms with van der Waals surface area (Å²) in [5, 5.41) is 0.337. The fraction of sp³-hybridized carbons (Fsp3) is 1.00. The molecule has 0 fully saturated rings. The molecule has 0 saturated carbocycles. The molecule has 1 atom stereocenters. The Kier molecular flexibility index (Phi) is 2.57. The van der Waals surface area contributed by atoms with E-state index in [2.05, 4.69) is 28.1 Å². The number of halogens is 5. The van der Waals surface area contributed by atoms with Crippen molar-refractivity contribution in [2.24, 2.45) is 0 Å². The normalized spacial score (nSPS) is 19.3. The Morgan fingerprint density at radius 2 is 1.56 bits per heavy atom. The lowest BCUT2D eigenvalue weighted by atomic mass is 10.7. The first-order valence-electron chi connectivity index (χ1n) is 1.57. The van der Waals surface area contributed by atoms with Crippen molar-refractivity contribution in [1.29, 1.82) is 0 Å². The molecule has 7 heteroatoms. The van der Waals surface area contributed by atoms with E-state index in [1.807, 2.05) is 0 Å². The summed E-state index contributed by atoms with van der Waals surface area (Å²) < 4.78 is 34.5. The maximum Gasteiger partial charge on any atom is 0.397 e. The van der Waals surface area contributed by atoms with E-state index in [1.54, 1.807) is 0 Å². The topological polar surface area (TPSA) is 29.1 Å². The maximum absolute atomic E-state index is 11.7. The summed E-state index contributed by atoms with van der Waals surface area (Å²) in [6.07, 6.45) is 0. The van der Waals surface area contributed by atoms with Crippen LogP contribution in [-0.4, -0.2) is 10.7 Å². The summed E-state index contributed by atoms with van der Waals surface area (Å²) in [5.74, 6) is 0. The fourth-order valence-corrected chi connectivity index (χ4v) is 0.0787. The molecule has 9 heavy (non-hydrogen) atoms. The quantitative estimate of drug-likeness (QED) is 0.366. The van der Waals surface area contributed by atoms with Crippen LogP contribution in [0.5, 0.6) is 0 Å². The van der Waals surface area contributed by atoms with Gasteiger partial charge in [-0.2, -0.15) is 13.2 Å². The van der Waals surface area contributed by atoms with Gasteiger partial charge in [-0.05, 0) is 28.5 Å². The summed E-state index contributed by atoms with van der Waals surface area (Å²) in [5.41, 5.74) is 0. The molecule has 0 aromatic rings. The van der Waals surface area contributed by atoms with Crippen LogP contribution >= 0.6 is 23.2 Å². The average molecular weight is 184 g/mol. The zero-order valence-corrected chi connectivity index (χ0v) is 5.22. The van der Waals surface area contributed by atoms with Crippen LogP contribution in [0.1, 0.15) is 0 Å². The van der Waals surface area contributed by atoms with Crippen molar-refractivity contribution in [3.63, 3.8) is 0 Å². The minimum Gasteiger partial charge on any atom is -0.182 e. The van der Waals surface area contributed by atoms with Crippen LogP contribution in [0, 0.1) is 0 Å². The lowest BCUT2D eigenvalue weighted by Crippen LogP contribution is -2.35. The van der Waals surface area contributed by atoms with Gasteiger partial charge in [-0.1, -0.05) is 0 Å². The molecule has 0 N–H and O–H groups in total. The second-order valence-corrected chi connectivity index (χ2v) is 2.06. The molecular formula is C2Cl2F3O2. The van der Waals surface area contributed by atoms with Gasteiger partial charge in [0.05, 0.1) is 0 Å². The molecule has 0 amide bonds. The third-order valence-corrected chi connectivity index (χ3v) is 1.07. The highest BCUT2D eigenvalue weighted by atomic mass is 35.5. The summed E-state index contributed by atoms with van der Waals surface area (Å²) in [4.78, 5) is 2.27. The van der Waals surface area contributed by atoms with Crippen LogP contribution in [0.15, 0.2) is 0 Å². The molecule has 0 aliphatic carbocycles. The van der Waals surface area contributed by atoms with Crippen molar-refractivity contribution in [3.05, 3.63) is 0 Å². The number of alkyl halides is 5. The van der Waals surface area contributed by atoms with Gasteiger partial charge in [0, 0.05) is 0 Å². The second kappa shape index (κ2) is 2.49. The first-order valence-corrected chi connectivity index (χ1v) is 2.32. The van der Waals surface area contributed by atoms with Gasteiger partial charge in [-0.25, -0.2) is 0 Å². The van der Waals surface area contributed by atoms with E-state index < -0.39 is 10.7 Å². The van der Waals surface area contributed by atoms with E-state index in [0.717, 1.165) is 0 Å². The van der Waals surface area contributed by atoms with E-state index in [9.17, 15) is 13.2 Å². The van der Waals surface area contributed by atoms with E-state index in [0.29, 0.717) is 0 Å². The van der Waals surface area contributed by atoms with Crippen molar-refractivity contribution in [2.75, 3.05) is 0 Å². The van der Waals surface area contributed by atoms with Crippen molar-refractivity contribution in [2.45, 2.75) is 10.7 Å². The summed E-state index contributed by atoms with van der Waals surface area (Å²) in [6.45, 7) is 0. The third-order valence-electron chi connectivity index (χ3n) is 0.435. The van der Waals surface area contributed by atoms with E-state index in [-0.39, 0.29) is 0 Å². The van der Waals surface area contributed by atoms with Crippen molar-refractivity contribution in [3.8, 4) is 0 Å². The van der Waals surface area contributed by atoms with Crippen molar-refractivity contribution < 1.29 is 23.3 Å². The third kappa shape index (κ3) is 2.17. The summed E-state index contributed by atoms with van der Waals surface area (Å²) in [6, 6.07) is 0. The van der Waals surface area contributed by atoms with Crippen molar-refractivity contribution in [1.82, 2.24) is 0 Å². The first-order chi connectivity index (χ1) is 3.81. The molecule has 1 unspecified atom stereocenters. The van der Waals surface area contributed by atoms with Gasteiger partial charge in [-0.15, -0.1) is 4.89 Å². The average Bonchev–Trinajstić information content (AvgIpc) is 1.64. The Labute approximate surface area is 58.0 Å². The Morgan fingerprint density at radius 3 is 1.56 bits per heavy atom. The minimum absolute atomic E-state index is 2.27. The molecule has 55 valence electrons. The molecule has 0 aromatic heterocycles. The Hall–Kier alpha value is 0.290. The van der Waals surface area contributed by atoms with E-state index >= 15 is 0 Å². The molecule has 0 aromatic carbocycles. The van der Waals surface area contributed by atoms with Gasteiger partial charge in [0.2, 0.25) is 0 Å². The second-order valence-electron chi connectivity index (χ2n) is 1.10. The summed E-state index contributed by atoms with van der Waals surface area (Å²) in [7, 11) is 0. The smallest absolute Gasteiger partial charge is 0.182 e. The van der Waals surface area contributed by atoms with Crippen LogP contribution in [0.4, 0.5) is 13.2 Å². The van der Waals surface area contributed by atoms with Gasteiger partial charge in [0.1, 0.15) is 0 Å². The minimum atomic E-state index is -4.52. The van der Waals surface area contributed by atoms with Crippen LogP contribution in [0.2, 0.25) is 0 Å². The lowest BCUT2D eigenvalue weighted by molar-refractivity contribution is -0.408. The molecule has 0 aliphatic heterocycles. The molecule has 0 rings (SSSR count). The molecule has 0 bridgehead atoms. The van der Waals surface area contributed by atoms with Gasteiger partial charge >= 0.3 is 10.7 Å². The monoisotopic (exact) mass is 183 g/mol. The Bertz CT molecular complexity index is 100. The number of hydrogen-bond acceptors (Lipinski definition) is 1. The SMILES string of the molecule is [O]OC(F)(Cl)C(F)(F)Cl. The van der Waals surface area contributed by atoms with Gasteiger partial charge < -0.3 is 0 Å². The van der Waals surface area contributed by atoms with Crippen LogP contribution in [0.25, 0.3) is 0 Å². The zero-order chi connectivity index (χ0) is 7.71. The summed E-state index contributed by atoms with van der Waals surface area (Å²) >= 11 is 8.07. The van der Waals surface area contributed by atoms with E-state index in [1.165, 1.54) is 0 Å². The number of hydrogen-bond donors (Lipinski definition) is 0. The van der Waals surface area contributed by atoms with Crippen LogP contribution in [-0.2, 0) is 10.1 Å². The molecule has 2 nitrogen and oxygen atoms in total. The first kappa shape index (κ1) is 9.29. The Balaban J connectivity index is 4.14. The lowest BCUT2D eigenvalue weighted by Gasteiger charge is -2.16. The maximum atomic E-state index is 11.7. The molecule has 0 saturated heterocycles. The predicted octanol–water partition coefficient (Wildman–Crippen LogP) is 2.04. The highest BCUT2D eigenvalue weighted by Gasteiger charge is 2.55. The molecule has 1 radical (unpaired) electrons. The van der Waals surface area contributed by atoms with Gasteiger partial charge in [0.15, 0.2) is 0 Å². The van der Waals surface area contributed by atoms with Gasteiger partial charge in [0.25, 0.3) is 0 Å². The highest BCUT2D eigenvalue weighted by Crippen LogP contribution is 2.39. The number of rotatable bonds is 2. The Morgan fingerprint density at radius 1 is 1.22 bits per heavy atom. The standard InChI is InChI=1S/C2Cl2F3O2/c3-1(5,6)2(4,7)9-8. The fourth-order valence-electron chi connectivity index (χ4n) is 0.0472. The molecule has 0 aliphatic rings. The molecular weight excluding hydrogens is 184 g/mol. The largest absolute Gasteiger partial charge is 0.397 e. The van der Waals surface area contributed by atoms with Crippen LogP contribution in [0.3, 0.4) is 0 Å². The van der Waals surface area contributed by atoms with E-state index in [4.69, 9.17) is 5.26 Å². The van der Waals surface area contributed by atoms with Gasteiger partial charge in [-0.3, -0.25) is 0 Å². The zero-order valence-electron chi connectivity index (χ0n) is 3.71. The highest BCUT2D eigenvalue weighted by molar-refractivity contribution is 6.31. The predicted molar refractivity (Wildman–Crippen MR) is 22.3 cm³/mol. The van der Waals surface area contributed by atoms with Crippen LogP contribution < -0.4 is 0 Å². The van der Waals surface area contributed by atoms with Crippen molar-refractivity contribution >= 4 is 23.2 Å². The molecule has 0 spiro atoms. The molecule has 0 heterocycles.